The number of aryl methyl sites for hydroxylation is 4. The molecule has 5 heteroatoms. The van der Waals surface area contributed by atoms with Crippen LogP contribution in [0.2, 0.25) is 0 Å². The van der Waals surface area contributed by atoms with Crippen LogP contribution in [0.15, 0.2) is 53.4 Å². The number of hydrogen-bond acceptors (Lipinski definition) is 4. The number of nitrogens with zero attached hydrogens (tertiary/aromatic N) is 4. The summed E-state index contributed by atoms with van der Waals surface area (Å²) in [6, 6.07) is 12.7. The molecule has 0 atom stereocenters. The number of aromatic nitrogens is 4. The largest absolute Gasteiger partial charge is 0.361 e. The summed E-state index contributed by atoms with van der Waals surface area (Å²) in [5.74, 6) is 0.815. The van der Waals surface area contributed by atoms with Crippen LogP contribution in [0, 0.1) is 20.8 Å². The Kier molecular flexibility index (Phi) is 3.59. The van der Waals surface area contributed by atoms with Crippen molar-refractivity contribution in [3.63, 3.8) is 0 Å². The summed E-state index contributed by atoms with van der Waals surface area (Å²) >= 11 is 0. The molecule has 0 saturated heterocycles. The molecule has 28 heavy (non-hydrogen) atoms. The molecule has 0 aliphatic heterocycles. The second-order valence-corrected chi connectivity index (χ2v) is 7.27. The molecular weight excluding hydrogens is 348 g/mol. The minimum atomic E-state index is 0.815. The zero-order valence-electron chi connectivity index (χ0n) is 16.3. The van der Waals surface area contributed by atoms with E-state index in [-0.39, 0.29) is 0 Å². The third-order valence-corrected chi connectivity index (χ3v) is 5.40. The van der Waals surface area contributed by atoms with Gasteiger partial charge in [-0.25, -0.2) is 4.98 Å². The van der Waals surface area contributed by atoms with Crippen molar-refractivity contribution in [1.82, 2.24) is 19.7 Å². The molecule has 0 fully saturated rings. The number of fused-ring (bicyclic) bond motifs is 2. The van der Waals surface area contributed by atoms with E-state index in [1.54, 1.807) is 0 Å². The Morgan fingerprint density at radius 2 is 1.79 bits per heavy atom. The second kappa shape index (κ2) is 6.02. The standard InChI is InChI=1S/C23H20N4O/c1-13-7-8-19-17(6-5-9-24-19)21(13)18-10-16(22-14(2)26-28-15(22)3)11-20-23(18)27(4)12-25-20/h5-12H,1-4H3. The fourth-order valence-corrected chi connectivity index (χ4v) is 4.14. The summed E-state index contributed by atoms with van der Waals surface area (Å²) in [7, 11) is 2.03. The Balaban J connectivity index is 1.93. The highest BCUT2D eigenvalue weighted by Crippen LogP contribution is 2.39. The first-order valence-corrected chi connectivity index (χ1v) is 9.27. The first kappa shape index (κ1) is 16.7. The maximum absolute atomic E-state index is 5.42. The molecule has 0 aliphatic carbocycles. The Bertz CT molecular complexity index is 1340. The third kappa shape index (κ3) is 2.36. The van der Waals surface area contributed by atoms with Gasteiger partial charge in [-0.2, -0.15) is 0 Å². The Labute approximate surface area is 162 Å². The van der Waals surface area contributed by atoms with Crippen LogP contribution in [0.3, 0.4) is 0 Å². The van der Waals surface area contributed by atoms with Crippen LogP contribution < -0.4 is 0 Å². The van der Waals surface area contributed by atoms with Crippen molar-refractivity contribution in [3.05, 3.63) is 65.9 Å². The minimum absolute atomic E-state index is 0.815. The first-order chi connectivity index (χ1) is 13.5. The van der Waals surface area contributed by atoms with Crippen molar-refractivity contribution in [2.24, 2.45) is 7.05 Å². The van der Waals surface area contributed by atoms with Crippen LogP contribution in [0.5, 0.6) is 0 Å². The quantitative estimate of drug-likeness (QED) is 0.420. The monoisotopic (exact) mass is 368 g/mol. The van der Waals surface area contributed by atoms with E-state index in [0.29, 0.717) is 0 Å². The topological polar surface area (TPSA) is 56.7 Å². The van der Waals surface area contributed by atoms with E-state index in [0.717, 1.165) is 50.1 Å². The SMILES string of the molecule is Cc1ccc2ncccc2c1-c1cc(-c2c(C)noc2C)cc2ncn(C)c12. The molecule has 0 saturated carbocycles. The van der Waals surface area contributed by atoms with E-state index in [1.165, 1.54) is 11.1 Å². The van der Waals surface area contributed by atoms with E-state index >= 15 is 0 Å². The minimum Gasteiger partial charge on any atom is -0.361 e. The van der Waals surface area contributed by atoms with E-state index in [4.69, 9.17) is 4.52 Å². The average Bonchev–Trinajstić information content (AvgIpc) is 3.23. The molecule has 0 radical (unpaired) electrons. The first-order valence-electron chi connectivity index (χ1n) is 9.27. The molecule has 138 valence electrons. The highest BCUT2D eigenvalue weighted by Gasteiger charge is 2.19. The fraction of sp³-hybridized carbons (Fsp3) is 0.174. The van der Waals surface area contributed by atoms with Gasteiger partial charge in [0.2, 0.25) is 0 Å². The predicted molar refractivity (Wildman–Crippen MR) is 111 cm³/mol. The number of hydrogen-bond donors (Lipinski definition) is 0. The molecule has 0 amide bonds. The van der Waals surface area contributed by atoms with Crippen molar-refractivity contribution in [2.75, 3.05) is 0 Å². The van der Waals surface area contributed by atoms with Crippen LogP contribution in [0.1, 0.15) is 17.0 Å². The summed E-state index contributed by atoms with van der Waals surface area (Å²) in [5, 5.41) is 5.28. The maximum Gasteiger partial charge on any atom is 0.141 e. The van der Waals surface area contributed by atoms with Gasteiger partial charge in [-0.3, -0.25) is 4.98 Å². The lowest BCUT2D eigenvalue weighted by atomic mass is 9.91. The Morgan fingerprint density at radius 1 is 0.929 bits per heavy atom. The molecule has 5 rings (SSSR count). The maximum atomic E-state index is 5.42. The molecule has 0 aliphatic rings. The molecule has 0 bridgehead atoms. The van der Waals surface area contributed by atoms with Crippen LogP contribution in [0.4, 0.5) is 0 Å². The third-order valence-electron chi connectivity index (χ3n) is 5.40. The normalized spacial score (nSPS) is 11.6. The van der Waals surface area contributed by atoms with Crippen molar-refractivity contribution in [2.45, 2.75) is 20.8 Å². The number of benzene rings is 2. The van der Waals surface area contributed by atoms with Crippen LogP contribution in [-0.4, -0.2) is 19.7 Å². The molecule has 0 spiro atoms. The zero-order valence-corrected chi connectivity index (χ0v) is 16.3. The van der Waals surface area contributed by atoms with E-state index < -0.39 is 0 Å². The van der Waals surface area contributed by atoms with Gasteiger partial charge in [-0.1, -0.05) is 17.3 Å². The highest BCUT2D eigenvalue weighted by atomic mass is 16.5. The summed E-state index contributed by atoms with van der Waals surface area (Å²) in [5.41, 5.74) is 9.57. The molecule has 5 nitrogen and oxygen atoms in total. The smallest absolute Gasteiger partial charge is 0.141 e. The lowest BCUT2D eigenvalue weighted by Gasteiger charge is -2.14. The zero-order chi connectivity index (χ0) is 19.4. The van der Waals surface area contributed by atoms with E-state index in [9.17, 15) is 0 Å². The lowest BCUT2D eigenvalue weighted by molar-refractivity contribution is 0.393. The van der Waals surface area contributed by atoms with Crippen LogP contribution >= 0.6 is 0 Å². The van der Waals surface area contributed by atoms with Crippen molar-refractivity contribution >= 4 is 21.9 Å². The van der Waals surface area contributed by atoms with Gasteiger partial charge in [0, 0.05) is 29.8 Å². The number of imidazole rings is 1. The van der Waals surface area contributed by atoms with E-state index in [1.807, 2.05) is 39.5 Å². The number of rotatable bonds is 2. The summed E-state index contributed by atoms with van der Waals surface area (Å²) < 4.78 is 7.50. The van der Waals surface area contributed by atoms with Gasteiger partial charge in [0.25, 0.3) is 0 Å². The van der Waals surface area contributed by atoms with Gasteiger partial charge in [-0.15, -0.1) is 0 Å². The molecule has 0 unspecified atom stereocenters. The summed E-state index contributed by atoms with van der Waals surface area (Å²) in [4.78, 5) is 9.19. The van der Waals surface area contributed by atoms with Crippen molar-refractivity contribution in [3.8, 4) is 22.3 Å². The van der Waals surface area contributed by atoms with Gasteiger partial charge < -0.3 is 9.09 Å². The van der Waals surface area contributed by atoms with Crippen molar-refractivity contribution < 1.29 is 4.52 Å². The lowest BCUT2D eigenvalue weighted by Crippen LogP contribution is -1.94. The predicted octanol–water partition coefficient (Wildman–Crippen LogP) is 5.37. The van der Waals surface area contributed by atoms with Gasteiger partial charge in [-0.05, 0) is 61.7 Å². The second-order valence-electron chi connectivity index (χ2n) is 7.27. The van der Waals surface area contributed by atoms with Gasteiger partial charge in [0.15, 0.2) is 0 Å². The molecule has 0 N–H and O–H groups in total. The van der Waals surface area contributed by atoms with E-state index in [2.05, 4.69) is 56.9 Å². The van der Waals surface area contributed by atoms with Crippen LogP contribution in [-0.2, 0) is 7.05 Å². The Hall–Kier alpha value is -3.47. The highest BCUT2D eigenvalue weighted by molar-refractivity contribution is 6.05. The number of pyridine rings is 1. The molecule has 3 aromatic heterocycles. The average molecular weight is 368 g/mol. The molecular formula is C23H20N4O. The van der Waals surface area contributed by atoms with Gasteiger partial charge >= 0.3 is 0 Å². The molecule has 3 heterocycles. The van der Waals surface area contributed by atoms with Gasteiger partial charge in [0.1, 0.15) is 5.76 Å². The van der Waals surface area contributed by atoms with Crippen LogP contribution in [0.25, 0.3) is 44.2 Å². The summed E-state index contributed by atoms with van der Waals surface area (Å²) in [6.07, 6.45) is 3.70. The fourth-order valence-electron chi connectivity index (χ4n) is 4.14. The van der Waals surface area contributed by atoms with Crippen molar-refractivity contribution in [1.29, 1.82) is 0 Å². The Morgan fingerprint density at radius 3 is 2.57 bits per heavy atom. The molecule has 2 aromatic carbocycles. The summed E-state index contributed by atoms with van der Waals surface area (Å²) in [6.45, 7) is 6.07. The van der Waals surface area contributed by atoms with Gasteiger partial charge in [0.05, 0.1) is 28.6 Å². The molecule has 5 aromatic rings.